The molecule has 1 saturated carbocycles. The van der Waals surface area contributed by atoms with Crippen LogP contribution in [0.15, 0.2) is 0 Å². The van der Waals surface area contributed by atoms with E-state index in [1.54, 1.807) is 0 Å². The Morgan fingerprint density at radius 3 is 2.80 bits per heavy atom. The fourth-order valence-corrected chi connectivity index (χ4v) is 3.02. The normalized spacial score (nSPS) is 26.3. The molecule has 2 rings (SSSR count). The third-order valence-electron chi connectivity index (χ3n) is 3.81. The summed E-state index contributed by atoms with van der Waals surface area (Å²) in [4.78, 5) is 2.56. The van der Waals surface area contributed by atoms with E-state index in [1.807, 2.05) is 0 Å². The molecule has 0 bridgehead atoms. The summed E-state index contributed by atoms with van der Waals surface area (Å²) in [5.41, 5.74) is 0.436. The Hall–Kier alpha value is -0.520. The van der Waals surface area contributed by atoms with Crippen LogP contribution in [0, 0.1) is 12.3 Å². The monoisotopic (exact) mass is 206 g/mol. The van der Waals surface area contributed by atoms with Crippen molar-refractivity contribution in [3.8, 4) is 12.3 Å². The van der Waals surface area contributed by atoms with Crippen molar-refractivity contribution in [2.24, 2.45) is 0 Å². The minimum Gasteiger partial charge on any atom is -0.310 e. The lowest BCUT2D eigenvalue weighted by molar-refractivity contribution is 0.214. The zero-order chi connectivity index (χ0) is 10.6. The highest BCUT2D eigenvalue weighted by molar-refractivity contribution is 4.97. The molecule has 0 unspecified atom stereocenters. The third kappa shape index (κ3) is 2.74. The van der Waals surface area contributed by atoms with Gasteiger partial charge in [-0.25, -0.2) is 0 Å². The minimum absolute atomic E-state index is 0.436. The van der Waals surface area contributed by atoms with Gasteiger partial charge in [0.2, 0.25) is 0 Å². The number of hydrogen-bond donors (Lipinski definition) is 1. The van der Waals surface area contributed by atoms with E-state index in [0.717, 1.165) is 13.0 Å². The molecule has 1 aliphatic heterocycles. The maximum absolute atomic E-state index is 5.34. The molecule has 0 aromatic carbocycles. The zero-order valence-corrected chi connectivity index (χ0v) is 9.60. The van der Waals surface area contributed by atoms with Crippen LogP contribution < -0.4 is 5.32 Å². The van der Waals surface area contributed by atoms with Crippen molar-refractivity contribution < 1.29 is 0 Å². The van der Waals surface area contributed by atoms with Gasteiger partial charge in [0.05, 0.1) is 0 Å². The number of terminal acetylenes is 1. The summed E-state index contributed by atoms with van der Waals surface area (Å²) in [6.45, 7) is 4.71. The van der Waals surface area contributed by atoms with Crippen molar-refractivity contribution in [1.82, 2.24) is 10.2 Å². The molecule has 0 aromatic rings. The van der Waals surface area contributed by atoms with E-state index >= 15 is 0 Å². The van der Waals surface area contributed by atoms with Gasteiger partial charge in [-0.05, 0) is 32.4 Å². The maximum Gasteiger partial charge on any atom is 0.0308 e. The van der Waals surface area contributed by atoms with Gasteiger partial charge in [-0.2, -0.15) is 0 Å². The number of nitrogens with zero attached hydrogens (tertiary/aromatic N) is 1. The molecule has 0 atom stereocenters. The van der Waals surface area contributed by atoms with E-state index < -0.39 is 0 Å². The van der Waals surface area contributed by atoms with Crippen LogP contribution >= 0.6 is 0 Å². The van der Waals surface area contributed by atoms with Gasteiger partial charge in [0.15, 0.2) is 0 Å². The molecule has 15 heavy (non-hydrogen) atoms. The predicted octanol–water partition coefficient (Wildman–Crippen LogP) is 1.62. The molecule has 2 fully saturated rings. The van der Waals surface area contributed by atoms with E-state index in [2.05, 4.69) is 16.1 Å². The van der Waals surface area contributed by atoms with Gasteiger partial charge >= 0.3 is 0 Å². The molecule has 1 heterocycles. The summed E-state index contributed by atoms with van der Waals surface area (Å²) in [7, 11) is 0. The molecule has 2 aliphatic rings. The summed E-state index contributed by atoms with van der Waals surface area (Å²) < 4.78 is 0. The smallest absolute Gasteiger partial charge is 0.0308 e. The lowest BCUT2D eigenvalue weighted by atomic mass is 9.97. The standard InChI is InChI=1S/C13H22N2/c1-2-3-10-15-11-6-9-14-13(12-15)7-4-5-8-13/h1,14H,3-12H2. The SMILES string of the molecule is C#CCCN1CCCNC2(CCCC2)C1. The topological polar surface area (TPSA) is 15.3 Å². The largest absolute Gasteiger partial charge is 0.310 e. The first kappa shape index (κ1) is 11.0. The zero-order valence-electron chi connectivity index (χ0n) is 9.60. The lowest BCUT2D eigenvalue weighted by Crippen LogP contribution is -2.49. The quantitative estimate of drug-likeness (QED) is 0.691. The second-order valence-electron chi connectivity index (χ2n) is 5.00. The highest BCUT2D eigenvalue weighted by atomic mass is 15.2. The Labute approximate surface area is 93.4 Å². The van der Waals surface area contributed by atoms with Gasteiger partial charge in [-0.1, -0.05) is 12.8 Å². The lowest BCUT2D eigenvalue weighted by Gasteiger charge is -2.33. The highest BCUT2D eigenvalue weighted by Crippen LogP contribution is 2.31. The molecule has 1 aliphatic carbocycles. The van der Waals surface area contributed by atoms with Gasteiger partial charge < -0.3 is 10.2 Å². The summed E-state index contributed by atoms with van der Waals surface area (Å²) in [6.07, 6.45) is 13.0. The molecule has 84 valence electrons. The van der Waals surface area contributed by atoms with Crippen molar-refractivity contribution in [2.75, 3.05) is 26.2 Å². The maximum atomic E-state index is 5.34. The average Bonchev–Trinajstić information content (AvgIpc) is 2.58. The average molecular weight is 206 g/mol. The van der Waals surface area contributed by atoms with Crippen LogP contribution in [-0.4, -0.2) is 36.6 Å². The summed E-state index contributed by atoms with van der Waals surface area (Å²) in [5.74, 6) is 2.75. The Kier molecular flexibility index (Phi) is 3.66. The predicted molar refractivity (Wildman–Crippen MR) is 63.7 cm³/mol. The van der Waals surface area contributed by atoms with Gasteiger partial charge in [0.25, 0.3) is 0 Å². The number of nitrogens with one attached hydrogen (secondary N) is 1. The fourth-order valence-electron chi connectivity index (χ4n) is 3.02. The van der Waals surface area contributed by atoms with Crippen LogP contribution in [0.25, 0.3) is 0 Å². The van der Waals surface area contributed by atoms with E-state index in [1.165, 1.54) is 51.7 Å². The number of rotatable bonds is 2. The van der Waals surface area contributed by atoms with Crippen molar-refractivity contribution in [3.63, 3.8) is 0 Å². The molecular formula is C13H22N2. The van der Waals surface area contributed by atoms with Crippen molar-refractivity contribution in [2.45, 2.75) is 44.1 Å². The molecule has 0 aromatic heterocycles. The molecule has 0 radical (unpaired) electrons. The fraction of sp³-hybridized carbons (Fsp3) is 0.846. The molecule has 1 N–H and O–H groups in total. The minimum atomic E-state index is 0.436. The second-order valence-corrected chi connectivity index (χ2v) is 5.00. The van der Waals surface area contributed by atoms with Crippen LogP contribution in [0.4, 0.5) is 0 Å². The Morgan fingerprint density at radius 2 is 2.07 bits per heavy atom. The molecule has 2 heteroatoms. The third-order valence-corrected chi connectivity index (χ3v) is 3.81. The number of hydrogen-bond acceptors (Lipinski definition) is 2. The van der Waals surface area contributed by atoms with Crippen LogP contribution in [0.1, 0.15) is 38.5 Å². The molecular weight excluding hydrogens is 184 g/mol. The van der Waals surface area contributed by atoms with Crippen molar-refractivity contribution in [1.29, 1.82) is 0 Å². The van der Waals surface area contributed by atoms with Crippen molar-refractivity contribution in [3.05, 3.63) is 0 Å². The van der Waals surface area contributed by atoms with Gasteiger partial charge in [0, 0.05) is 25.0 Å². The van der Waals surface area contributed by atoms with Crippen LogP contribution in [-0.2, 0) is 0 Å². The summed E-state index contributed by atoms with van der Waals surface area (Å²) in [6, 6.07) is 0. The van der Waals surface area contributed by atoms with Gasteiger partial charge in [-0.3, -0.25) is 0 Å². The Bertz CT molecular complexity index is 235. The van der Waals surface area contributed by atoms with Crippen molar-refractivity contribution >= 4 is 0 Å². The molecule has 0 amide bonds. The molecule has 1 spiro atoms. The van der Waals surface area contributed by atoms with Crippen LogP contribution in [0.3, 0.4) is 0 Å². The summed E-state index contributed by atoms with van der Waals surface area (Å²) in [5, 5.41) is 3.77. The van der Waals surface area contributed by atoms with E-state index in [0.29, 0.717) is 5.54 Å². The Balaban J connectivity index is 1.93. The van der Waals surface area contributed by atoms with Crippen LogP contribution in [0.2, 0.25) is 0 Å². The highest BCUT2D eigenvalue weighted by Gasteiger charge is 2.35. The first-order valence-corrected chi connectivity index (χ1v) is 6.26. The van der Waals surface area contributed by atoms with E-state index in [4.69, 9.17) is 6.42 Å². The molecule has 1 saturated heterocycles. The summed E-state index contributed by atoms with van der Waals surface area (Å²) >= 11 is 0. The van der Waals surface area contributed by atoms with E-state index in [9.17, 15) is 0 Å². The molecule has 2 nitrogen and oxygen atoms in total. The van der Waals surface area contributed by atoms with E-state index in [-0.39, 0.29) is 0 Å². The first-order chi connectivity index (χ1) is 7.35. The Morgan fingerprint density at radius 1 is 1.27 bits per heavy atom. The van der Waals surface area contributed by atoms with Gasteiger partial charge in [-0.15, -0.1) is 12.3 Å². The first-order valence-electron chi connectivity index (χ1n) is 6.26. The van der Waals surface area contributed by atoms with Crippen LogP contribution in [0.5, 0.6) is 0 Å². The second kappa shape index (κ2) is 5.01. The van der Waals surface area contributed by atoms with Gasteiger partial charge in [0.1, 0.15) is 0 Å².